The van der Waals surface area contributed by atoms with Crippen LogP contribution in [0.5, 0.6) is 17.5 Å². The minimum atomic E-state index is -1.95. The number of aliphatic hydroxyl groups excluding tert-OH is 1. The molecule has 0 atom stereocenters. The third-order valence-corrected chi connectivity index (χ3v) is 15.3. The van der Waals surface area contributed by atoms with E-state index in [-0.39, 0.29) is 42.6 Å². The number of aliphatic hydroxyl groups is 1. The zero-order chi connectivity index (χ0) is 37.8. The maximum atomic E-state index is 15.9. The number of hydrogen-bond acceptors (Lipinski definition) is 10. The van der Waals surface area contributed by atoms with E-state index in [1.165, 1.54) is 18.5 Å². The maximum Gasteiger partial charge on any atom is 0.322 e. The fourth-order valence-corrected chi connectivity index (χ4v) is 6.66. The number of benzene rings is 1. The highest BCUT2D eigenvalue weighted by Crippen LogP contribution is 2.46. The first kappa shape index (κ1) is 38.5. The smallest absolute Gasteiger partial charge is 0.322 e. The van der Waals surface area contributed by atoms with Crippen molar-refractivity contribution in [3.8, 4) is 51.4 Å². The molecule has 0 saturated heterocycles. The molecule has 1 aromatic carbocycles. The summed E-state index contributed by atoms with van der Waals surface area (Å²) in [5, 5.41) is 10.4. The van der Waals surface area contributed by atoms with Gasteiger partial charge in [0.15, 0.2) is 11.6 Å². The lowest BCUT2D eigenvalue weighted by atomic mass is 9.98. The van der Waals surface area contributed by atoms with Crippen LogP contribution >= 0.6 is 0 Å². The Kier molecular flexibility index (Phi) is 11.5. The average Bonchev–Trinajstić information content (AvgIpc) is 3.40. The number of nitrogens with zero attached hydrogens (tertiary/aromatic N) is 6. The van der Waals surface area contributed by atoms with E-state index in [4.69, 9.17) is 24.9 Å². The molecule has 5 rings (SSSR count). The van der Waals surface area contributed by atoms with Gasteiger partial charge in [-0.1, -0.05) is 65.5 Å². The Morgan fingerprint density at radius 2 is 1.75 bits per heavy atom. The standard InChI is InChI=1S/C38H48FN7O4Si2/c1-25-12-14-41-37(45-25)50-30-11-10-26(20-29(30)39)32-33-35(40)43-23-44-36(33)46(24-48-17-19-51(5,6)7)34(32)28-22-42-27(21-31(28)49-16-15-47)13-18-52(8,9)38(2,3)4/h10-12,14,20-23,47H,15-17,19,24H2,1-9H3,(H2,40,43,44). The fraction of sp³-hybridized carbons (Fsp3) is 0.395. The Bertz CT molecular complexity index is 2130. The number of hydrogen-bond donors (Lipinski definition) is 2. The normalized spacial score (nSPS) is 12.1. The first-order valence-electron chi connectivity index (χ1n) is 17.2. The molecule has 0 spiro atoms. The van der Waals surface area contributed by atoms with Crippen molar-refractivity contribution in [2.45, 2.75) is 78.2 Å². The van der Waals surface area contributed by atoms with Crippen molar-refractivity contribution < 1.29 is 23.7 Å². The largest absolute Gasteiger partial charge is 0.490 e. The van der Waals surface area contributed by atoms with Crippen molar-refractivity contribution >= 4 is 33.0 Å². The van der Waals surface area contributed by atoms with Gasteiger partial charge in [0, 0.05) is 44.4 Å². The number of fused-ring (bicyclic) bond motifs is 1. The number of anilines is 1. The van der Waals surface area contributed by atoms with E-state index in [1.807, 2.05) is 4.57 Å². The summed E-state index contributed by atoms with van der Waals surface area (Å²) in [5.41, 5.74) is 14.0. The topological polar surface area (TPSA) is 143 Å². The zero-order valence-electron chi connectivity index (χ0n) is 31.5. The van der Waals surface area contributed by atoms with Crippen LogP contribution in [-0.4, -0.2) is 70.6 Å². The lowest BCUT2D eigenvalue weighted by Crippen LogP contribution is -2.35. The van der Waals surface area contributed by atoms with Gasteiger partial charge in [-0.05, 0) is 41.8 Å². The van der Waals surface area contributed by atoms with Crippen LogP contribution in [0.25, 0.3) is 33.4 Å². The van der Waals surface area contributed by atoms with Gasteiger partial charge in [0.1, 0.15) is 50.6 Å². The summed E-state index contributed by atoms with van der Waals surface area (Å²) < 4.78 is 36.0. The van der Waals surface area contributed by atoms with Gasteiger partial charge in [0.2, 0.25) is 0 Å². The summed E-state index contributed by atoms with van der Waals surface area (Å²) in [4.78, 5) is 22.1. The van der Waals surface area contributed by atoms with Gasteiger partial charge in [-0.3, -0.25) is 0 Å². The van der Waals surface area contributed by atoms with Gasteiger partial charge < -0.3 is 29.6 Å². The summed E-state index contributed by atoms with van der Waals surface area (Å²) in [7, 11) is -3.35. The Morgan fingerprint density at radius 3 is 2.42 bits per heavy atom. The fourth-order valence-electron chi connectivity index (χ4n) is 5.09. The summed E-state index contributed by atoms with van der Waals surface area (Å²) in [5.74, 6) is 3.25. The third kappa shape index (κ3) is 8.84. The molecule has 0 aliphatic carbocycles. The molecular weight excluding hydrogens is 694 g/mol. The number of nitrogen functional groups attached to an aromatic ring is 1. The highest BCUT2D eigenvalue weighted by Gasteiger charge is 2.34. The average molecular weight is 742 g/mol. The van der Waals surface area contributed by atoms with E-state index in [1.54, 1.807) is 37.5 Å². The van der Waals surface area contributed by atoms with Gasteiger partial charge in [0.05, 0.1) is 23.3 Å². The molecule has 0 fully saturated rings. The van der Waals surface area contributed by atoms with Crippen LogP contribution in [0.15, 0.2) is 49.1 Å². The predicted octanol–water partition coefficient (Wildman–Crippen LogP) is 7.85. The quantitative estimate of drug-likeness (QED) is 0.0737. The van der Waals surface area contributed by atoms with Gasteiger partial charge in [-0.2, -0.15) is 0 Å². The lowest BCUT2D eigenvalue weighted by molar-refractivity contribution is 0.0909. The number of nitrogens with two attached hydrogens (primary N) is 1. The summed E-state index contributed by atoms with van der Waals surface area (Å²) in [6.45, 7) is 20.2. The number of rotatable bonds is 12. The second kappa shape index (κ2) is 15.5. The van der Waals surface area contributed by atoms with E-state index >= 15 is 4.39 Å². The monoisotopic (exact) mass is 741 g/mol. The van der Waals surface area contributed by atoms with E-state index in [0.717, 1.165) is 6.04 Å². The molecule has 4 heterocycles. The van der Waals surface area contributed by atoms with Crippen molar-refractivity contribution in [3.63, 3.8) is 0 Å². The Labute approximate surface area is 306 Å². The Hall–Kier alpha value is -4.69. The number of ether oxygens (including phenoxy) is 3. The van der Waals surface area contributed by atoms with Gasteiger partial charge >= 0.3 is 6.01 Å². The minimum Gasteiger partial charge on any atom is -0.490 e. The molecule has 0 bridgehead atoms. The molecule has 3 N–H and O–H groups in total. The number of pyridine rings is 1. The summed E-state index contributed by atoms with van der Waals surface area (Å²) in [6.07, 6.45) is 4.63. The lowest BCUT2D eigenvalue weighted by Gasteiger charge is -2.31. The molecule has 0 unspecified atom stereocenters. The molecule has 14 heteroatoms. The minimum absolute atomic E-state index is 0.0258. The first-order chi connectivity index (χ1) is 24.5. The van der Waals surface area contributed by atoms with E-state index in [9.17, 15) is 5.11 Å². The third-order valence-electron chi connectivity index (χ3n) is 9.13. The molecule has 0 amide bonds. The van der Waals surface area contributed by atoms with Gasteiger partial charge in [0.25, 0.3) is 0 Å². The van der Waals surface area contributed by atoms with E-state index in [2.05, 4.69) is 84.9 Å². The van der Waals surface area contributed by atoms with Crippen LogP contribution in [0.3, 0.4) is 0 Å². The summed E-state index contributed by atoms with van der Waals surface area (Å²) >= 11 is 0. The zero-order valence-corrected chi connectivity index (χ0v) is 33.5. The molecule has 52 heavy (non-hydrogen) atoms. The highest BCUT2D eigenvalue weighted by atomic mass is 28.3. The van der Waals surface area contributed by atoms with Crippen molar-refractivity contribution in [3.05, 3.63) is 66.3 Å². The van der Waals surface area contributed by atoms with Crippen LogP contribution in [-0.2, 0) is 11.5 Å². The summed E-state index contributed by atoms with van der Waals surface area (Å²) in [6, 6.07) is 9.11. The van der Waals surface area contributed by atoms with Crippen molar-refractivity contribution in [2.24, 2.45) is 0 Å². The van der Waals surface area contributed by atoms with Crippen LogP contribution in [0.4, 0.5) is 10.2 Å². The molecule has 0 radical (unpaired) electrons. The molecule has 274 valence electrons. The SMILES string of the molecule is Cc1ccnc(Oc2ccc(-c3c(-c4cnc(C#C[Si](C)(C)C(C)(C)C)cc4OCCO)n(COCC[Si](C)(C)C)c4ncnc(N)c34)cc2F)n1. The van der Waals surface area contributed by atoms with E-state index < -0.39 is 22.0 Å². The number of aryl methyl sites for hydroxylation is 1. The van der Waals surface area contributed by atoms with Gasteiger partial charge in [-0.25, -0.2) is 29.3 Å². The van der Waals surface area contributed by atoms with Crippen molar-refractivity contribution in [1.29, 1.82) is 0 Å². The van der Waals surface area contributed by atoms with Crippen LogP contribution in [0.2, 0.25) is 43.8 Å². The first-order valence-corrected chi connectivity index (χ1v) is 23.9. The Morgan fingerprint density at radius 1 is 0.981 bits per heavy atom. The van der Waals surface area contributed by atoms with Crippen LogP contribution in [0, 0.1) is 24.2 Å². The van der Waals surface area contributed by atoms with Gasteiger partial charge in [-0.15, -0.1) is 5.54 Å². The number of aromatic nitrogens is 6. The second-order valence-corrected chi connectivity index (χ2v) is 26.1. The molecule has 11 nitrogen and oxygen atoms in total. The van der Waals surface area contributed by atoms with Crippen molar-refractivity contribution in [2.75, 3.05) is 25.6 Å². The molecule has 5 aromatic rings. The van der Waals surface area contributed by atoms with Crippen LogP contribution < -0.4 is 15.2 Å². The van der Waals surface area contributed by atoms with Crippen LogP contribution in [0.1, 0.15) is 32.2 Å². The van der Waals surface area contributed by atoms with E-state index in [0.29, 0.717) is 57.2 Å². The molecule has 0 aliphatic heterocycles. The molecule has 4 aromatic heterocycles. The van der Waals surface area contributed by atoms with Crippen molar-refractivity contribution in [1.82, 2.24) is 29.5 Å². The maximum absolute atomic E-state index is 15.9. The Balaban J connectivity index is 1.73. The molecule has 0 saturated carbocycles. The second-order valence-electron chi connectivity index (χ2n) is 15.4. The predicted molar refractivity (Wildman–Crippen MR) is 208 cm³/mol. The number of halogens is 1. The molecular formula is C38H48FN7O4Si2. The molecule has 0 aliphatic rings. The highest BCUT2D eigenvalue weighted by molar-refractivity contribution is 6.87.